The molecule has 0 unspecified atom stereocenters. The summed E-state index contributed by atoms with van der Waals surface area (Å²) in [6.45, 7) is 1.21. The molecule has 4 nitrogen and oxygen atoms in total. The van der Waals surface area contributed by atoms with Crippen molar-refractivity contribution >= 4 is 5.69 Å². The SMILES string of the molecule is Nc1cccc(F)c1OCCCn1ccnc1. The van der Waals surface area contributed by atoms with Crippen molar-refractivity contribution < 1.29 is 9.13 Å². The second kappa shape index (κ2) is 5.34. The molecule has 2 aromatic rings. The number of nitrogen functional groups attached to an aromatic ring is 1. The number of para-hydroxylation sites is 1. The Morgan fingerprint density at radius 1 is 1.41 bits per heavy atom. The smallest absolute Gasteiger partial charge is 0.177 e. The predicted octanol–water partition coefficient (Wildman–Crippen LogP) is 2.07. The van der Waals surface area contributed by atoms with E-state index in [0.29, 0.717) is 12.3 Å². The Kier molecular flexibility index (Phi) is 3.59. The normalized spacial score (nSPS) is 10.4. The molecule has 17 heavy (non-hydrogen) atoms. The highest BCUT2D eigenvalue weighted by molar-refractivity contribution is 5.52. The van der Waals surface area contributed by atoms with E-state index in [1.807, 2.05) is 10.8 Å². The second-order valence-corrected chi connectivity index (χ2v) is 3.66. The standard InChI is InChI=1S/C12H14FN3O/c13-10-3-1-4-11(14)12(10)17-8-2-6-16-7-5-15-9-16/h1,3-5,7,9H,2,6,8,14H2. The van der Waals surface area contributed by atoms with Crippen LogP contribution in [0.25, 0.3) is 0 Å². The van der Waals surface area contributed by atoms with Crippen LogP contribution in [0.4, 0.5) is 10.1 Å². The first-order valence-corrected chi connectivity index (χ1v) is 5.40. The molecule has 0 saturated carbocycles. The Bertz CT molecular complexity index is 450. The van der Waals surface area contributed by atoms with Crippen molar-refractivity contribution in [3.8, 4) is 5.75 Å². The molecule has 1 aromatic heterocycles. The van der Waals surface area contributed by atoms with E-state index in [0.717, 1.165) is 13.0 Å². The number of ether oxygens (including phenoxy) is 1. The van der Waals surface area contributed by atoms with Crippen molar-refractivity contribution in [2.75, 3.05) is 12.3 Å². The van der Waals surface area contributed by atoms with Gasteiger partial charge in [-0.1, -0.05) is 6.07 Å². The van der Waals surface area contributed by atoms with Gasteiger partial charge < -0.3 is 15.0 Å². The highest BCUT2D eigenvalue weighted by Gasteiger charge is 2.06. The number of rotatable bonds is 5. The molecule has 2 rings (SSSR count). The van der Waals surface area contributed by atoms with Crippen molar-refractivity contribution in [2.24, 2.45) is 0 Å². The first-order valence-electron chi connectivity index (χ1n) is 5.40. The molecule has 0 aliphatic rings. The fourth-order valence-corrected chi connectivity index (χ4v) is 1.52. The van der Waals surface area contributed by atoms with E-state index >= 15 is 0 Å². The lowest BCUT2D eigenvalue weighted by Crippen LogP contribution is -2.05. The van der Waals surface area contributed by atoms with Crippen LogP contribution in [-0.2, 0) is 6.54 Å². The van der Waals surface area contributed by atoms with Crippen LogP contribution in [-0.4, -0.2) is 16.2 Å². The molecule has 0 spiro atoms. The Morgan fingerprint density at radius 2 is 2.29 bits per heavy atom. The van der Waals surface area contributed by atoms with E-state index in [4.69, 9.17) is 10.5 Å². The molecule has 0 fully saturated rings. The van der Waals surface area contributed by atoms with Gasteiger partial charge in [0, 0.05) is 18.9 Å². The van der Waals surface area contributed by atoms with Gasteiger partial charge in [0.25, 0.3) is 0 Å². The Morgan fingerprint density at radius 3 is 3.00 bits per heavy atom. The number of nitrogens with two attached hydrogens (primary N) is 1. The summed E-state index contributed by atoms with van der Waals surface area (Å²) in [4.78, 5) is 3.93. The molecule has 0 aliphatic heterocycles. The van der Waals surface area contributed by atoms with Crippen LogP contribution in [0.1, 0.15) is 6.42 Å². The van der Waals surface area contributed by atoms with Crippen molar-refractivity contribution in [1.29, 1.82) is 0 Å². The highest BCUT2D eigenvalue weighted by atomic mass is 19.1. The van der Waals surface area contributed by atoms with Crippen LogP contribution in [0.5, 0.6) is 5.75 Å². The molecule has 0 saturated heterocycles. The summed E-state index contributed by atoms with van der Waals surface area (Å²) in [5.41, 5.74) is 5.94. The molecule has 2 N–H and O–H groups in total. The lowest BCUT2D eigenvalue weighted by atomic mass is 10.3. The zero-order valence-corrected chi connectivity index (χ0v) is 9.34. The number of aromatic nitrogens is 2. The number of anilines is 1. The molecule has 1 heterocycles. The number of hydrogen-bond donors (Lipinski definition) is 1. The van der Waals surface area contributed by atoms with E-state index in [2.05, 4.69) is 4.98 Å². The Hall–Kier alpha value is -2.04. The summed E-state index contributed by atoms with van der Waals surface area (Å²) in [5.74, 6) is -0.286. The summed E-state index contributed by atoms with van der Waals surface area (Å²) in [7, 11) is 0. The molecule has 0 bridgehead atoms. The van der Waals surface area contributed by atoms with Crippen molar-refractivity contribution in [2.45, 2.75) is 13.0 Å². The molecule has 0 radical (unpaired) electrons. The van der Waals surface area contributed by atoms with Crippen LogP contribution in [0.2, 0.25) is 0 Å². The van der Waals surface area contributed by atoms with Gasteiger partial charge in [-0.05, 0) is 18.6 Å². The van der Waals surface area contributed by atoms with Gasteiger partial charge in [0.1, 0.15) is 0 Å². The first kappa shape index (κ1) is 11.4. The number of halogens is 1. The number of nitrogens with zero attached hydrogens (tertiary/aromatic N) is 2. The minimum atomic E-state index is -0.423. The van der Waals surface area contributed by atoms with Crippen LogP contribution in [0.3, 0.4) is 0 Å². The third-order valence-corrected chi connectivity index (χ3v) is 2.36. The monoisotopic (exact) mass is 235 g/mol. The molecule has 0 atom stereocenters. The van der Waals surface area contributed by atoms with E-state index in [1.165, 1.54) is 6.07 Å². The Balaban J connectivity index is 1.82. The van der Waals surface area contributed by atoms with Crippen molar-refractivity contribution in [1.82, 2.24) is 9.55 Å². The quantitative estimate of drug-likeness (QED) is 0.637. The zero-order valence-electron chi connectivity index (χ0n) is 9.34. The summed E-state index contributed by atoms with van der Waals surface area (Å²) in [5, 5.41) is 0. The second-order valence-electron chi connectivity index (χ2n) is 3.66. The topological polar surface area (TPSA) is 53.1 Å². The minimum Gasteiger partial charge on any atom is -0.488 e. The van der Waals surface area contributed by atoms with Gasteiger partial charge in [0.15, 0.2) is 11.6 Å². The van der Waals surface area contributed by atoms with Gasteiger partial charge in [-0.3, -0.25) is 0 Å². The van der Waals surface area contributed by atoms with Crippen LogP contribution in [0.15, 0.2) is 36.9 Å². The van der Waals surface area contributed by atoms with Gasteiger partial charge in [0.05, 0.1) is 18.6 Å². The van der Waals surface area contributed by atoms with Crippen LogP contribution in [0, 0.1) is 5.82 Å². The molecular weight excluding hydrogens is 221 g/mol. The van der Waals surface area contributed by atoms with E-state index in [1.54, 1.807) is 24.7 Å². The van der Waals surface area contributed by atoms with E-state index < -0.39 is 5.82 Å². The summed E-state index contributed by atoms with van der Waals surface area (Å²) in [6, 6.07) is 4.51. The molecule has 5 heteroatoms. The largest absolute Gasteiger partial charge is 0.488 e. The average Bonchev–Trinajstić information content (AvgIpc) is 2.80. The van der Waals surface area contributed by atoms with E-state index in [9.17, 15) is 4.39 Å². The lowest BCUT2D eigenvalue weighted by Gasteiger charge is -2.09. The number of hydrogen-bond acceptors (Lipinski definition) is 3. The maximum Gasteiger partial charge on any atom is 0.177 e. The van der Waals surface area contributed by atoms with Gasteiger partial charge in [-0.15, -0.1) is 0 Å². The minimum absolute atomic E-state index is 0.137. The molecule has 0 aliphatic carbocycles. The lowest BCUT2D eigenvalue weighted by molar-refractivity contribution is 0.289. The van der Waals surface area contributed by atoms with Gasteiger partial charge >= 0.3 is 0 Å². The van der Waals surface area contributed by atoms with Crippen LogP contribution >= 0.6 is 0 Å². The highest BCUT2D eigenvalue weighted by Crippen LogP contribution is 2.24. The number of imidazole rings is 1. The fourth-order valence-electron chi connectivity index (χ4n) is 1.52. The first-order chi connectivity index (χ1) is 8.27. The maximum atomic E-state index is 13.3. The average molecular weight is 235 g/mol. The Labute approximate surface area is 98.8 Å². The summed E-state index contributed by atoms with van der Waals surface area (Å²) >= 11 is 0. The van der Waals surface area contributed by atoms with Crippen molar-refractivity contribution in [3.05, 3.63) is 42.7 Å². The zero-order chi connectivity index (χ0) is 12.1. The molecule has 90 valence electrons. The third kappa shape index (κ3) is 2.96. The van der Waals surface area contributed by atoms with Crippen LogP contribution < -0.4 is 10.5 Å². The van der Waals surface area contributed by atoms with E-state index in [-0.39, 0.29) is 5.75 Å². The number of aryl methyl sites for hydroxylation is 1. The summed E-state index contributed by atoms with van der Waals surface area (Å²) in [6.07, 6.45) is 6.09. The fraction of sp³-hybridized carbons (Fsp3) is 0.250. The van der Waals surface area contributed by atoms with Gasteiger partial charge in [-0.2, -0.15) is 0 Å². The molecule has 0 amide bonds. The summed E-state index contributed by atoms with van der Waals surface area (Å²) < 4.78 is 20.6. The van der Waals surface area contributed by atoms with Crippen molar-refractivity contribution in [3.63, 3.8) is 0 Å². The number of benzene rings is 1. The third-order valence-electron chi connectivity index (χ3n) is 2.36. The predicted molar refractivity (Wildman–Crippen MR) is 63.2 cm³/mol. The molecule has 1 aromatic carbocycles. The van der Waals surface area contributed by atoms with Gasteiger partial charge in [0.2, 0.25) is 0 Å². The van der Waals surface area contributed by atoms with Gasteiger partial charge in [-0.25, -0.2) is 9.37 Å². The maximum absolute atomic E-state index is 13.3. The molecular formula is C12H14FN3O.